The van der Waals surface area contributed by atoms with Gasteiger partial charge in [0.05, 0.1) is 22.9 Å². The van der Waals surface area contributed by atoms with Gasteiger partial charge in [-0.15, -0.1) is 0 Å². The van der Waals surface area contributed by atoms with Gasteiger partial charge in [0.25, 0.3) is 0 Å². The van der Waals surface area contributed by atoms with Gasteiger partial charge in [0.15, 0.2) is 0 Å². The molecule has 2 heterocycles. The minimum atomic E-state index is -0.680. The van der Waals surface area contributed by atoms with E-state index in [-0.39, 0.29) is 0 Å². The minimum Gasteiger partial charge on any atom is -0.389 e. The summed E-state index contributed by atoms with van der Waals surface area (Å²) in [6.45, 7) is 4.40. The highest BCUT2D eigenvalue weighted by atomic mass is 35.5. The van der Waals surface area contributed by atoms with Crippen molar-refractivity contribution in [1.82, 2.24) is 9.88 Å². The second kappa shape index (κ2) is 6.52. The topological polar surface area (TPSA) is 68.6 Å². The van der Waals surface area contributed by atoms with E-state index in [1.165, 1.54) is 0 Å². The molecule has 5 nitrogen and oxygen atoms in total. The molecule has 1 aliphatic rings. The van der Waals surface area contributed by atoms with Crippen molar-refractivity contribution in [3.05, 3.63) is 22.8 Å². The SMILES string of the molecule is CCCNc1ccc(Cl)c(CN2CC(O)C(O)C2)n1. The van der Waals surface area contributed by atoms with Crippen LogP contribution in [0.4, 0.5) is 5.82 Å². The lowest BCUT2D eigenvalue weighted by atomic mass is 10.3. The molecular formula is C13H20ClN3O2. The van der Waals surface area contributed by atoms with Crippen LogP contribution in [-0.2, 0) is 6.54 Å². The maximum atomic E-state index is 9.53. The third-order valence-electron chi connectivity index (χ3n) is 3.18. The van der Waals surface area contributed by atoms with Crippen LogP contribution in [-0.4, -0.2) is 51.9 Å². The largest absolute Gasteiger partial charge is 0.389 e. The summed E-state index contributed by atoms with van der Waals surface area (Å²) in [5.74, 6) is 0.807. The number of likely N-dealkylation sites (tertiary alicyclic amines) is 1. The van der Waals surface area contributed by atoms with Gasteiger partial charge in [-0.1, -0.05) is 18.5 Å². The maximum Gasteiger partial charge on any atom is 0.126 e. The average Bonchev–Trinajstić information content (AvgIpc) is 2.69. The zero-order valence-electron chi connectivity index (χ0n) is 11.0. The van der Waals surface area contributed by atoms with Crippen molar-refractivity contribution in [2.75, 3.05) is 25.0 Å². The van der Waals surface area contributed by atoms with Crippen LogP contribution in [0.15, 0.2) is 12.1 Å². The summed E-state index contributed by atoms with van der Waals surface area (Å²) in [7, 11) is 0. The van der Waals surface area contributed by atoms with Crippen molar-refractivity contribution in [2.24, 2.45) is 0 Å². The summed E-state index contributed by atoms with van der Waals surface area (Å²) in [6, 6.07) is 3.68. The first-order valence-electron chi connectivity index (χ1n) is 6.58. The predicted molar refractivity (Wildman–Crippen MR) is 75.3 cm³/mol. The molecule has 0 radical (unpaired) electrons. The first-order chi connectivity index (χ1) is 9.10. The number of aliphatic hydroxyl groups excluding tert-OH is 2. The first-order valence-corrected chi connectivity index (χ1v) is 6.95. The van der Waals surface area contributed by atoms with Crippen molar-refractivity contribution >= 4 is 17.4 Å². The fourth-order valence-corrected chi connectivity index (χ4v) is 2.30. The molecule has 0 amide bonds. The Morgan fingerprint density at radius 3 is 2.68 bits per heavy atom. The van der Waals surface area contributed by atoms with E-state index >= 15 is 0 Å². The van der Waals surface area contributed by atoms with E-state index < -0.39 is 12.2 Å². The molecule has 0 aromatic carbocycles. The number of aliphatic hydroxyl groups is 2. The molecule has 1 aromatic rings. The third-order valence-corrected chi connectivity index (χ3v) is 3.53. The number of nitrogens with one attached hydrogen (secondary N) is 1. The number of anilines is 1. The first kappa shape index (κ1) is 14.5. The number of nitrogens with zero attached hydrogens (tertiary/aromatic N) is 2. The molecule has 2 rings (SSSR count). The molecule has 1 aromatic heterocycles. The highest BCUT2D eigenvalue weighted by Crippen LogP contribution is 2.21. The number of aromatic nitrogens is 1. The van der Waals surface area contributed by atoms with E-state index in [4.69, 9.17) is 11.6 Å². The van der Waals surface area contributed by atoms with Crippen LogP contribution in [0.1, 0.15) is 19.0 Å². The van der Waals surface area contributed by atoms with Crippen LogP contribution in [0.3, 0.4) is 0 Å². The molecule has 2 unspecified atom stereocenters. The molecular weight excluding hydrogens is 266 g/mol. The van der Waals surface area contributed by atoms with Gasteiger partial charge < -0.3 is 15.5 Å². The predicted octanol–water partition coefficient (Wildman–Crippen LogP) is 1.09. The molecule has 0 spiro atoms. The van der Waals surface area contributed by atoms with E-state index in [1.807, 2.05) is 17.0 Å². The van der Waals surface area contributed by atoms with E-state index in [0.717, 1.165) is 24.5 Å². The Bertz CT molecular complexity index is 420. The minimum absolute atomic E-state index is 0.450. The van der Waals surface area contributed by atoms with Gasteiger partial charge in [0.2, 0.25) is 0 Å². The lowest BCUT2D eigenvalue weighted by Gasteiger charge is -2.16. The van der Waals surface area contributed by atoms with E-state index in [2.05, 4.69) is 17.2 Å². The molecule has 1 aliphatic heterocycles. The highest BCUT2D eigenvalue weighted by molar-refractivity contribution is 6.31. The summed E-state index contributed by atoms with van der Waals surface area (Å²) in [5, 5.41) is 22.9. The summed E-state index contributed by atoms with van der Waals surface area (Å²) in [4.78, 5) is 6.43. The quantitative estimate of drug-likeness (QED) is 0.756. The van der Waals surface area contributed by atoms with Crippen molar-refractivity contribution < 1.29 is 10.2 Å². The Morgan fingerprint density at radius 2 is 2.05 bits per heavy atom. The van der Waals surface area contributed by atoms with Gasteiger partial charge in [0, 0.05) is 26.2 Å². The maximum absolute atomic E-state index is 9.53. The van der Waals surface area contributed by atoms with Gasteiger partial charge in [0.1, 0.15) is 5.82 Å². The van der Waals surface area contributed by atoms with Crippen LogP contribution in [0.2, 0.25) is 5.02 Å². The van der Waals surface area contributed by atoms with Gasteiger partial charge in [-0.05, 0) is 18.6 Å². The number of pyridine rings is 1. The Hall–Kier alpha value is -0.880. The second-order valence-electron chi connectivity index (χ2n) is 4.88. The Morgan fingerprint density at radius 1 is 1.37 bits per heavy atom. The number of hydrogen-bond donors (Lipinski definition) is 3. The number of halogens is 1. The Labute approximate surface area is 118 Å². The van der Waals surface area contributed by atoms with Crippen molar-refractivity contribution in [3.63, 3.8) is 0 Å². The lowest BCUT2D eigenvalue weighted by Crippen LogP contribution is -2.22. The zero-order valence-corrected chi connectivity index (χ0v) is 11.8. The Kier molecular flexibility index (Phi) is 4.99. The summed E-state index contributed by atoms with van der Waals surface area (Å²) in [6.07, 6.45) is -0.329. The smallest absolute Gasteiger partial charge is 0.126 e. The molecule has 0 bridgehead atoms. The van der Waals surface area contributed by atoms with E-state index in [9.17, 15) is 10.2 Å². The van der Waals surface area contributed by atoms with Crippen molar-refractivity contribution in [2.45, 2.75) is 32.1 Å². The monoisotopic (exact) mass is 285 g/mol. The molecule has 2 atom stereocenters. The van der Waals surface area contributed by atoms with E-state index in [1.54, 1.807) is 0 Å². The van der Waals surface area contributed by atoms with Crippen LogP contribution < -0.4 is 5.32 Å². The molecule has 1 fully saturated rings. The normalized spacial score (nSPS) is 23.8. The fourth-order valence-electron chi connectivity index (χ4n) is 2.13. The van der Waals surface area contributed by atoms with Gasteiger partial charge >= 0.3 is 0 Å². The standard InChI is InChI=1S/C13H20ClN3O2/c1-2-5-15-13-4-3-9(14)10(16-13)6-17-7-11(18)12(19)8-17/h3-4,11-12,18-19H,2,5-8H2,1H3,(H,15,16). The molecule has 3 N–H and O–H groups in total. The van der Waals surface area contributed by atoms with Crippen LogP contribution >= 0.6 is 11.6 Å². The molecule has 1 saturated heterocycles. The van der Waals surface area contributed by atoms with Gasteiger partial charge in [-0.25, -0.2) is 4.98 Å². The van der Waals surface area contributed by atoms with Crippen LogP contribution in [0, 0.1) is 0 Å². The molecule has 106 valence electrons. The zero-order chi connectivity index (χ0) is 13.8. The number of hydrogen-bond acceptors (Lipinski definition) is 5. The number of rotatable bonds is 5. The Balaban J connectivity index is 2.02. The van der Waals surface area contributed by atoms with Crippen molar-refractivity contribution in [3.8, 4) is 0 Å². The molecule has 0 aliphatic carbocycles. The van der Waals surface area contributed by atoms with Gasteiger partial charge in [-0.2, -0.15) is 0 Å². The molecule has 19 heavy (non-hydrogen) atoms. The summed E-state index contributed by atoms with van der Waals surface area (Å²) >= 11 is 6.14. The van der Waals surface area contributed by atoms with Crippen LogP contribution in [0.5, 0.6) is 0 Å². The fraction of sp³-hybridized carbons (Fsp3) is 0.615. The van der Waals surface area contributed by atoms with E-state index in [0.29, 0.717) is 24.7 Å². The summed E-state index contributed by atoms with van der Waals surface area (Å²) < 4.78 is 0. The third kappa shape index (κ3) is 3.79. The second-order valence-corrected chi connectivity index (χ2v) is 5.29. The molecule has 0 saturated carbocycles. The van der Waals surface area contributed by atoms with Crippen molar-refractivity contribution in [1.29, 1.82) is 0 Å². The van der Waals surface area contributed by atoms with Crippen LogP contribution in [0.25, 0.3) is 0 Å². The lowest BCUT2D eigenvalue weighted by molar-refractivity contribution is 0.0572. The van der Waals surface area contributed by atoms with Gasteiger partial charge in [-0.3, -0.25) is 4.90 Å². The molecule has 6 heteroatoms. The number of β-amino-alcohol motifs (C(OH)–C–C–N with tert-alkyl or cyclic N) is 2. The highest BCUT2D eigenvalue weighted by Gasteiger charge is 2.29. The summed E-state index contributed by atoms with van der Waals surface area (Å²) in [5.41, 5.74) is 0.768. The average molecular weight is 286 g/mol.